The number of alkyl halides is 2. The van der Waals surface area contributed by atoms with Gasteiger partial charge in [-0.1, -0.05) is 116 Å². The lowest BCUT2D eigenvalue weighted by Gasteiger charge is -2.12. The first-order valence-electron chi connectivity index (χ1n) is 9.56. The summed E-state index contributed by atoms with van der Waals surface area (Å²) in [5.41, 5.74) is 0. The standard InChI is InChI=1S/C19H36Br2O2/c1-2-3-4-5-6-7-8-9-10-11-12-13-14-15-19(22)23-18(16-20)17-21/h18H,2-17H2,1H3. The third-order valence-electron chi connectivity index (χ3n) is 4.13. The van der Waals surface area contributed by atoms with Gasteiger partial charge in [0, 0.05) is 17.1 Å². The molecule has 0 aliphatic carbocycles. The molecular weight excluding hydrogens is 420 g/mol. The molecule has 23 heavy (non-hydrogen) atoms. The van der Waals surface area contributed by atoms with Crippen molar-refractivity contribution in [3.8, 4) is 0 Å². The maximum absolute atomic E-state index is 11.6. The molecule has 0 bridgehead atoms. The van der Waals surface area contributed by atoms with Gasteiger partial charge in [0.05, 0.1) is 0 Å². The highest BCUT2D eigenvalue weighted by molar-refractivity contribution is 9.09. The molecule has 2 nitrogen and oxygen atoms in total. The first-order chi connectivity index (χ1) is 11.2. The molecule has 0 saturated heterocycles. The minimum absolute atomic E-state index is 0.0375. The number of carbonyl (C=O) groups excluding carboxylic acids is 1. The van der Waals surface area contributed by atoms with Crippen molar-refractivity contribution in [1.82, 2.24) is 0 Å². The topological polar surface area (TPSA) is 26.3 Å². The van der Waals surface area contributed by atoms with E-state index in [9.17, 15) is 4.79 Å². The highest BCUT2D eigenvalue weighted by Gasteiger charge is 2.11. The molecule has 0 unspecified atom stereocenters. The summed E-state index contributed by atoms with van der Waals surface area (Å²) in [7, 11) is 0. The van der Waals surface area contributed by atoms with E-state index in [0.717, 1.165) is 12.8 Å². The van der Waals surface area contributed by atoms with Crippen LogP contribution < -0.4 is 0 Å². The molecule has 0 aromatic carbocycles. The summed E-state index contributed by atoms with van der Waals surface area (Å²) in [4.78, 5) is 11.6. The van der Waals surface area contributed by atoms with Crippen molar-refractivity contribution >= 4 is 37.8 Å². The summed E-state index contributed by atoms with van der Waals surface area (Å²) in [5, 5.41) is 1.39. The molecular formula is C19H36Br2O2. The number of esters is 1. The molecule has 0 N–H and O–H groups in total. The molecule has 0 atom stereocenters. The second-order valence-corrected chi connectivity index (χ2v) is 7.71. The summed E-state index contributed by atoms with van der Waals surface area (Å²) in [6.45, 7) is 2.27. The maximum atomic E-state index is 11.6. The van der Waals surface area contributed by atoms with Gasteiger partial charge in [0.15, 0.2) is 0 Å². The summed E-state index contributed by atoms with van der Waals surface area (Å²) < 4.78 is 5.32. The molecule has 0 saturated carbocycles. The fraction of sp³-hybridized carbons (Fsp3) is 0.947. The number of unbranched alkanes of at least 4 members (excludes halogenated alkanes) is 12. The van der Waals surface area contributed by atoms with Gasteiger partial charge in [-0.25, -0.2) is 0 Å². The minimum atomic E-state index is -0.0584. The van der Waals surface area contributed by atoms with Crippen LogP contribution in [0.5, 0.6) is 0 Å². The van der Waals surface area contributed by atoms with Crippen molar-refractivity contribution in [3.63, 3.8) is 0 Å². The average molecular weight is 456 g/mol. The maximum Gasteiger partial charge on any atom is 0.306 e. The van der Waals surface area contributed by atoms with Crippen LogP contribution >= 0.6 is 31.9 Å². The lowest BCUT2D eigenvalue weighted by atomic mass is 10.0. The molecule has 0 aliphatic rings. The molecule has 0 aromatic heterocycles. The predicted octanol–water partition coefficient (Wildman–Crippen LogP) is 7.17. The Bertz CT molecular complexity index is 256. The third kappa shape index (κ3) is 17.1. The average Bonchev–Trinajstić information content (AvgIpc) is 2.56. The van der Waals surface area contributed by atoms with Gasteiger partial charge in [0.1, 0.15) is 6.10 Å². The van der Waals surface area contributed by atoms with E-state index in [2.05, 4.69) is 38.8 Å². The largest absolute Gasteiger partial charge is 0.461 e. The molecule has 0 amide bonds. The second kappa shape index (κ2) is 18.8. The Kier molecular flexibility index (Phi) is 19.1. The van der Waals surface area contributed by atoms with Gasteiger partial charge in [0.25, 0.3) is 0 Å². The first-order valence-corrected chi connectivity index (χ1v) is 11.8. The van der Waals surface area contributed by atoms with Crippen LogP contribution in [0.1, 0.15) is 96.8 Å². The van der Waals surface area contributed by atoms with Crippen LogP contribution in [0.3, 0.4) is 0 Å². The van der Waals surface area contributed by atoms with Crippen LogP contribution in [0.2, 0.25) is 0 Å². The smallest absolute Gasteiger partial charge is 0.306 e. The van der Waals surface area contributed by atoms with E-state index in [1.807, 2.05) is 0 Å². The van der Waals surface area contributed by atoms with Crippen LogP contribution in [0.4, 0.5) is 0 Å². The number of rotatable bonds is 17. The minimum Gasteiger partial charge on any atom is -0.461 e. The molecule has 0 heterocycles. The monoisotopic (exact) mass is 454 g/mol. The lowest BCUT2D eigenvalue weighted by molar-refractivity contribution is -0.147. The first kappa shape index (κ1) is 23.4. The van der Waals surface area contributed by atoms with Gasteiger partial charge in [-0.05, 0) is 6.42 Å². The molecule has 0 fully saturated rings. The number of halogens is 2. The molecule has 0 rings (SSSR count). The zero-order chi connectivity index (χ0) is 17.2. The molecule has 0 spiro atoms. The molecule has 138 valence electrons. The van der Waals surface area contributed by atoms with Gasteiger partial charge >= 0.3 is 5.97 Å². The van der Waals surface area contributed by atoms with Gasteiger partial charge in [-0.2, -0.15) is 0 Å². The SMILES string of the molecule is CCCCCCCCCCCCCCCC(=O)OC(CBr)CBr. The van der Waals surface area contributed by atoms with E-state index in [1.165, 1.54) is 70.6 Å². The van der Waals surface area contributed by atoms with Crippen LogP contribution in [0, 0.1) is 0 Å². The number of ether oxygens (including phenoxy) is 1. The Morgan fingerprint density at radius 1 is 0.739 bits per heavy atom. The summed E-state index contributed by atoms with van der Waals surface area (Å²) >= 11 is 6.68. The van der Waals surface area contributed by atoms with Gasteiger partial charge in [0.2, 0.25) is 0 Å². The zero-order valence-corrected chi connectivity index (χ0v) is 18.1. The summed E-state index contributed by atoms with van der Waals surface area (Å²) in [6, 6.07) is 0. The third-order valence-corrected chi connectivity index (χ3v) is 5.57. The molecule has 4 heteroatoms. The van der Waals surface area contributed by atoms with Crippen LogP contribution in [0.25, 0.3) is 0 Å². The van der Waals surface area contributed by atoms with Crippen molar-refractivity contribution in [2.45, 2.75) is 103 Å². The Hall–Kier alpha value is 0.430. The van der Waals surface area contributed by atoms with E-state index in [1.54, 1.807) is 0 Å². The quantitative estimate of drug-likeness (QED) is 0.132. The Morgan fingerprint density at radius 3 is 1.52 bits per heavy atom. The summed E-state index contributed by atoms with van der Waals surface area (Å²) in [5.74, 6) is -0.0584. The number of hydrogen-bond acceptors (Lipinski definition) is 2. The summed E-state index contributed by atoms with van der Waals surface area (Å²) in [6.07, 6.45) is 17.8. The van der Waals surface area contributed by atoms with Crippen molar-refractivity contribution < 1.29 is 9.53 Å². The predicted molar refractivity (Wildman–Crippen MR) is 108 cm³/mol. The second-order valence-electron chi connectivity index (χ2n) is 6.41. The zero-order valence-electron chi connectivity index (χ0n) is 15.0. The van der Waals surface area contributed by atoms with E-state index in [4.69, 9.17) is 4.74 Å². The lowest BCUT2D eigenvalue weighted by Crippen LogP contribution is -2.20. The van der Waals surface area contributed by atoms with Crippen LogP contribution in [-0.4, -0.2) is 22.7 Å². The number of carbonyl (C=O) groups is 1. The Morgan fingerprint density at radius 2 is 1.13 bits per heavy atom. The highest BCUT2D eigenvalue weighted by Crippen LogP contribution is 2.13. The fourth-order valence-corrected chi connectivity index (χ4v) is 3.97. The Labute approximate surface area is 160 Å². The molecule has 0 aliphatic heterocycles. The van der Waals surface area contributed by atoms with Crippen molar-refractivity contribution in [1.29, 1.82) is 0 Å². The normalized spacial score (nSPS) is 11.1. The Balaban J connectivity index is 3.20. The van der Waals surface area contributed by atoms with E-state index < -0.39 is 0 Å². The number of hydrogen-bond donors (Lipinski definition) is 0. The van der Waals surface area contributed by atoms with E-state index in [0.29, 0.717) is 17.1 Å². The van der Waals surface area contributed by atoms with Crippen molar-refractivity contribution in [2.24, 2.45) is 0 Å². The highest BCUT2D eigenvalue weighted by atomic mass is 79.9. The van der Waals surface area contributed by atoms with E-state index in [-0.39, 0.29) is 12.1 Å². The van der Waals surface area contributed by atoms with Gasteiger partial charge < -0.3 is 4.74 Å². The molecule has 0 aromatic rings. The van der Waals surface area contributed by atoms with Crippen LogP contribution in [0.15, 0.2) is 0 Å². The van der Waals surface area contributed by atoms with Crippen molar-refractivity contribution in [3.05, 3.63) is 0 Å². The van der Waals surface area contributed by atoms with Gasteiger partial charge in [-0.15, -0.1) is 0 Å². The van der Waals surface area contributed by atoms with E-state index >= 15 is 0 Å². The van der Waals surface area contributed by atoms with Crippen LogP contribution in [-0.2, 0) is 9.53 Å². The van der Waals surface area contributed by atoms with Crippen molar-refractivity contribution in [2.75, 3.05) is 10.7 Å². The fourth-order valence-electron chi connectivity index (χ4n) is 2.64. The van der Waals surface area contributed by atoms with Gasteiger partial charge in [-0.3, -0.25) is 4.79 Å². The molecule has 0 radical (unpaired) electrons.